The zero-order chi connectivity index (χ0) is 15.6. The van der Waals surface area contributed by atoms with Gasteiger partial charge in [-0.3, -0.25) is 4.79 Å². The van der Waals surface area contributed by atoms with Gasteiger partial charge in [0.25, 0.3) is 0 Å². The van der Waals surface area contributed by atoms with Crippen molar-refractivity contribution in [2.45, 2.75) is 19.3 Å². The number of carbonyl (C=O) groups is 1. The fourth-order valence-electron chi connectivity index (χ4n) is 2.68. The molecule has 0 saturated carbocycles. The first-order chi connectivity index (χ1) is 10.7. The van der Waals surface area contributed by atoms with E-state index in [0.29, 0.717) is 0 Å². The topological polar surface area (TPSA) is 68.7 Å². The Morgan fingerprint density at radius 2 is 1.82 bits per heavy atom. The molecule has 0 spiro atoms. The van der Waals surface area contributed by atoms with Gasteiger partial charge >= 0.3 is 5.97 Å². The summed E-state index contributed by atoms with van der Waals surface area (Å²) >= 11 is 0. The quantitative estimate of drug-likeness (QED) is 0.672. The van der Waals surface area contributed by atoms with Gasteiger partial charge in [0.2, 0.25) is 0 Å². The van der Waals surface area contributed by atoms with Gasteiger partial charge in [0.05, 0.1) is 0 Å². The molecule has 0 atom stereocenters. The van der Waals surface area contributed by atoms with Crippen molar-refractivity contribution in [2.75, 3.05) is 51.1 Å². The van der Waals surface area contributed by atoms with Gasteiger partial charge in [-0.1, -0.05) is 6.07 Å². The van der Waals surface area contributed by atoms with E-state index in [0.717, 1.165) is 64.5 Å². The zero-order valence-corrected chi connectivity index (χ0v) is 13.1. The number of nitrogens with one attached hydrogen (secondary N) is 1. The highest BCUT2D eigenvalue weighted by Gasteiger charge is 2.16. The Kier molecular flexibility index (Phi) is 7.12. The van der Waals surface area contributed by atoms with Crippen LogP contribution in [0.25, 0.3) is 0 Å². The standard InChI is InChI=1S/C16H26N4O2/c21-16(22)6-3-9-19-11-13-20(14-12-19)10-4-8-18-15-5-1-2-7-17-15/h1-2,5,7H,3-4,6,8-14H2,(H,17,18)(H,21,22). The molecule has 0 amide bonds. The van der Waals surface area contributed by atoms with Crippen LogP contribution in [-0.4, -0.2) is 71.7 Å². The van der Waals surface area contributed by atoms with Gasteiger partial charge in [0.15, 0.2) is 0 Å². The van der Waals surface area contributed by atoms with Crippen molar-refractivity contribution in [3.05, 3.63) is 24.4 Å². The van der Waals surface area contributed by atoms with Crippen molar-refractivity contribution in [2.24, 2.45) is 0 Å². The van der Waals surface area contributed by atoms with E-state index in [1.807, 2.05) is 18.2 Å². The number of piperazine rings is 1. The molecular formula is C16H26N4O2. The number of carboxylic acid groups (broad SMARTS) is 1. The second-order valence-corrected chi connectivity index (χ2v) is 5.68. The molecule has 0 radical (unpaired) electrons. The Morgan fingerprint density at radius 3 is 2.41 bits per heavy atom. The van der Waals surface area contributed by atoms with E-state index in [2.05, 4.69) is 20.1 Å². The number of anilines is 1. The molecule has 1 fully saturated rings. The fourth-order valence-corrected chi connectivity index (χ4v) is 2.68. The Morgan fingerprint density at radius 1 is 1.14 bits per heavy atom. The summed E-state index contributed by atoms with van der Waals surface area (Å²) in [6.45, 7) is 7.20. The van der Waals surface area contributed by atoms with Gasteiger partial charge in [-0.15, -0.1) is 0 Å². The smallest absolute Gasteiger partial charge is 0.303 e. The predicted molar refractivity (Wildman–Crippen MR) is 87.1 cm³/mol. The Labute approximate surface area is 132 Å². The number of hydrogen-bond donors (Lipinski definition) is 2. The number of aromatic nitrogens is 1. The molecule has 6 nitrogen and oxygen atoms in total. The number of pyridine rings is 1. The monoisotopic (exact) mass is 306 g/mol. The molecule has 0 aromatic carbocycles. The first-order valence-corrected chi connectivity index (χ1v) is 8.05. The summed E-state index contributed by atoms with van der Waals surface area (Å²) < 4.78 is 0. The SMILES string of the molecule is O=C(O)CCCN1CCN(CCCNc2ccccn2)CC1. The summed E-state index contributed by atoms with van der Waals surface area (Å²) in [6.07, 6.45) is 3.93. The van der Waals surface area contributed by atoms with Crippen LogP contribution in [0.15, 0.2) is 24.4 Å². The third-order valence-electron chi connectivity index (χ3n) is 3.95. The van der Waals surface area contributed by atoms with Gasteiger partial charge < -0.3 is 20.2 Å². The summed E-state index contributed by atoms with van der Waals surface area (Å²) in [5.74, 6) is 0.241. The van der Waals surface area contributed by atoms with E-state index in [1.54, 1.807) is 6.20 Å². The van der Waals surface area contributed by atoms with Crippen LogP contribution >= 0.6 is 0 Å². The van der Waals surface area contributed by atoms with Crippen LogP contribution in [0.3, 0.4) is 0 Å². The van der Waals surface area contributed by atoms with Crippen LogP contribution < -0.4 is 5.32 Å². The minimum atomic E-state index is -0.695. The highest BCUT2D eigenvalue weighted by molar-refractivity contribution is 5.66. The Balaban J connectivity index is 1.51. The van der Waals surface area contributed by atoms with Crippen LogP contribution in [0.5, 0.6) is 0 Å². The highest BCUT2D eigenvalue weighted by atomic mass is 16.4. The highest BCUT2D eigenvalue weighted by Crippen LogP contribution is 2.05. The third kappa shape index (κ3) is 6.41. The van der Waals surface area contributed by atoms with E-state index in [9.17, 15) is 4.79 Å². The lowest BCUT2D eigenvalue weighted by Crippen LogP contribution is -2.47. The van der Waals surface area contributed by atoms with E-state index in [-0.39, 0.29) is 6.42 Å². The van der Waals surface area contributed by atoms with Crippen LogP contribution in [-0.2, 0) is 4.79 Å². The second kappa shape index (κ2) is 9.38. The van der Waals surface area contributed by atoms with Crippen molar-refractivity contribution in [1.82, 2.24) is 14.8 Å². The van der Waals surface area contributed by atoms with Gasteiger partial charge in [0.1, 0.15) is 5.82 Å². The molecule has 2 N–H and O–H groups in total. The van der Waals surface area contributed by atoms with Crippen molar-refractivity contribution in [1.29, 1.82) is 0 Å². The maximum Gasteiger partial charge on any atom is 0.303 e. The maximum absolute atomic E-state index is 10.5. The molecule has 0 bridgehead atoms. The summed E-state index contributed by atoms with van der Waals surface area (Å²) in [5, 5.41) is 12.0. The molecule has 2 rings (SSSR count). The Hall–Kier alpha value is -1.66. The number of nitrogens with zero attached hydrogens (tertiary/aromatic N) is 3. The van der Waals surface area contributed by atoms with Gasteiger partial charge in [-0.2, -0.15) is 0 Å². The van der Waals surface area contributed by atoms with Gasteiger partial charge in [0, 0.05) is 45.3 Å². The second-order valence-electron chi connectivity index (χ2n) is 5.68. The minimum Gasteiger partial charge on any atom is -0.481 e. The molecule has 1 aliphatic heterocycles. The fraction of sp³-hybridized carbons (Fsp3) is 0.625. The molecule has 1 aliphatic rings. The largest absolute Gasteiger partial charge is 0.481 e. The lowest BCUT2D eigenvalue weighted by Gasteiger charge is -2.34. The summed E-state index contributed by atoms with van der Waals surface area (Å²) in [6, 6.07) is 5.88. The van der Waals surface area contributed by atoms with Gasteiger partial charge in [-0.25, -0.2) is 4.98 Å². The lowest BCUT2D eigenvalue weighted by molar-refractivity contribution is -0.137. The van der Waals surface area contributed by atoms with Gasteiger partial charge in [-0.05, 0) is 38.1 Å². The van der Waals surface area contributed by atoms with Crippen LogP contribution in [0.1, 0.15) is 19.3 Å². The van der Waals surface area contributed by atoms with Crippen molar-refractivity contribution in [3.8, 4) is 0 Å². The molecule has 1 aromatic rings. The van der Waals surface area contributed by atoms with E-state index < -0.39 is 5.97 Å². The molecule has 6 heteroatoms. The number of aliphatic carboxylic acids is 1. The number of hydrogen-bond acceptors (Lipinski definition) is 5. The lowest BCUT2D eigenvalue weighted by atomic mass is 10.2. The van der Waals surface area contributed by atoms with Crippen LogP contribution in [0.4, 0.5) is 5.82 Å². The summed E-state index contributed by atoms with van der Waals surface area (Å²) in [5.41, 5.74) is 0. The average molecular weight is 306 g/mol. The van der Waals surface area contributed by atoms with Crippen molar-refractivity contribution in [3.63, 3.8) is 0 Å². The van der Waals surface area contributed by atoms with Crippen molar-refractivity contribution < 1.29 is 9.90 Å². The van der Waals surface area contributed by atoms with E-state index in [1.165, 1.54) is 0 Å². The van der Waals surface area contributed by atoms with Crippen molar-refractivity contribution >= 4 is 11.8 Å². The summed E-state index contributed by atoms with van der Waals surface area (Å²) in [4.78, 5) is 19.6. The Bertz CT molecular complexity index is 433. The normalized spacial score (nSPS) is 16.5. The minimum absolute atomic E-state index is 0.277. The predicted octanol–water partition coefficient (Wildman–Crippen LogP) is 1.37. The molecule has 0 unspecified atom stereocenters. The molecular weight excluding hydrogens is 280 g/mol. The van der Waals surface area contributed by atoms with E-state index >= 15 is 0 Å². The van der Waals surface area contributed by atoms with Crippen LogP contribution in [0, 0.1) is 0 Å². The first kappa shape index (κ1) is 16.7. The average Bonchev–Trinajstić information content (AvgIpc) is 2.54. The summed E-state index contributed by atoms with van der Waals surface area (Å²) in [7, 11) is 0. The maximum atomic E-state index is 10.5. The zero-order valence-electron chi connectivity index (χ0n) is 13.1. The molecule has 22 heavy (non-hydrogen) atoms. The first-order valence-electron chi connectivity index (χ1n) is 8.05. The number of rotatable bonds is 9. The van der Waals surface area contributed by atoms with E-state index in [4.69, 9.17) is 5.11 Å². The molecule has 1 aromatic heterocycles. The molecule has 0 aliphatic carbocycles. The number of carboxylic acids is 1. The van der Waals surface area contributed by atoms with Crippen LogP contribution in [0.2, 0.25) is 0 Å². The molecule has 122 valence electrons. The molecule has 1 saturated heterocycles. The molecule has 2 heterocycles. The third-order valence-corrected chi connectivity index (χ3v) is 3.95.